The molecule has 1 fully saturated rings. The molecule has 1 atom stereocenters. The van der Waals surface area contributed by atoms with Gasteiger partial charge in [0.1, 0.15) is 6.04 Å². The van der Waals surface area contributed by atoms with Crippen LogP contribution in [0.2, 0.25) is 0 Å². The van der Waals surface area contributed by atoms with Crippen molar-refractivity contribution in [2.75, 3.05) is 25.6 Å². The molecule has 20 heavy (non-hydrogen) atoms. The van der Waals surface area contributed by atoms with Gasteiger partial charge in [-0.2, -0.15) is 0 Å². The number of rotatable bonds is 4. The molecule has 1 aromatic rings. The first-order chi connectivity index (χ1) is 9.49. The first-order valence-electron chi connectivity index (χ1n) is 6.37. The van der Waals surface area contributed by atoms with Gasteiger partial charge in [0.05, 0.1) is 12.0 Å². The fourth-order valence-corrected chi connectivity index (χ4v) is 3.12. The summed E-state index contributed by atoms with van der Waals surface area (Å²) < 4.78 is 30.4. The standard InChI is InChI=1S/C13H18N2O4S/c1-14-20(17,18)11-7-5-10(6-8-11)15-9-3-4-12(15)13(16)19-2/h5-8,12,14H,3-4,9H2,1-2H3. The Morgan fingerprint density at radius 1 is 1.35 bits per heavy atom. The lowest BCUT2D eigenvalue weighted by atomic mass is 10.2. The molecular formula is C13H18N2O4S. The Kier molecular flexibility index (Phi) is 4.29. The number of ether oxygens (including phenoxy) is 1. The Labute approximate surface area is 118 Å². The highest BCUT2D eigenvalue weighted by molar-refractivity contribution is 7.89. The molecule has 1 N–H and O–H groups in total. The molecular weight excluding hydrogens is 280 g/mol. The Hall–Kier alpha value is -1.60. The first-order valence-corrected chi connectivity index (χ1v) is 7.86. The molecule has 0 amide bonds. The van der Waals surface area contributed by atoms with Crippen LogP contribution < -0.4 is 9.62 Å². The third-order valence-electron chi connectivity index (χ3n) is 3.47. The molecule has 1 aliphatic rings. The highest BCUT2D eigenvalue weighted by Gasteiger charge is 2.31. The molecule has 0 aliphatic carbocycles. The van der Waals surface area contributed by atoms with Crippen molar-refractivity contribution in [3.05, 3.63) is 24.3 Å². The van der Waals surface area contributed by atoms with Crippen LogP contribution in [-0.2, 0) is 19.6 Å². The lowest BCUT2D eigenvalue weighted by Crippen LogP contribution is -2.36. The fourth-order valence-electron chi connectivity index (χ4n) is 2.39. The van der Waals surface area contributed by atoms with Gasteiger partial charge < -0.3 is 9.64 Å². The molecule has 6 nitrogen and oxygen atoms in total. The van der Waals surface area contributed by atoms with Crippen LogP contribution >= 0.6 is 0 Å². The van der Waals surface area contributed by atoms with E-state index >= 15 is 0 Å². The van der Waals surface area contributed by atoms with Gasteiger partial charge in [0.15, 0.2) is 0 Å². The number of nitrogens with one attached hydrogen (secondary N) is 1. The maximum absolute atomic E-state index is 11.7. The van der Waals surface area contributed by atoms with Crippen LogP contribution in [0.5, 0.6) is 0 Å². The second-order valence-corrected chi connectivity index (χ2v) is 6.46. The number of benzene rings is 1. The van der Waals surface area contributed by atoms with E-state index in [4.69, 9.17) is 4.74 Å². The number of sulfonamides is 1. The summed E-state index contributed by atoms with van der Waals surface area (Å²) in [5, 5.41) is 0. The molecule has 1 aliphatic heterocycles. The number of methoxy groups -OCH3 is 1. The zero-order valence-corrected chi connectivity index (χ0v) is 12.3. The highest BCUT2D eigenvalue weighted by Crippen LogP contribution is 2.27. The normalized spacial score (nSPS) is 19.1. The van der Waals surface area contributed by atoms with Crippen molar-refractivity contribution in [2.24, 2.45) is 0 Å². The summed E-state index contributed by atoms with van der Waals surface area (Å²) in [6.45, 7) is 0.762. The van der Waals surface area contributed by atoms with Crippen molar-refractivity contribution in [1.29, 1.82) is 0 Å². The molecule has 2 rings (SSSR count). The summed E-state index contributed by atoms with van der Waals surface area (Å²) >= 11 is 0. The number of hydrogen-bond acceptors (Lipinski definition) is 5. The minimum absolute atomic E-state index is 0.206. The topological polar surface area (TPSA) is 75.7 Å². The van der Waals surface area contributed by atoms with Crippen LogP contribution in [0.15, 0.2) is 29.2 Å². The van der Waals surface area contributed by atoms with E-state index in [1.54, 1.807) is 12.1 Å². The van der Waals surface area contributed by atoms with Crippen LogP contribution in [0.25, 0.3) is 0 Å². The number of nitrogens with zero attached hydrogens (tertiary/aromatic N) is 1. The van der Waals surface area contributed by atoms with Crippen molar-refractivity contribution in [1.82, 2.24) is 4.72 Å². The van der Waals surface area contributed by atoms with Gasteiger partial charge in [0.2, 0.25) is 10.0 Å². The quantitative estimate of drug-likeness (QED) is 0.830. The number of anilines is 1. The number of carbonyl (C=O) groups is 1. The molecule has 7 heteroatoms. The molecule has 0 aromatic heterocycles. The van der Waals surface area contributed by atoms with E-state index in [0.29, 0.717) is 0 Å². The third kappa shape index (κ3) is 2.78. The lowest BCUT2D eigenvalue weighted by Gasteiger charge is -2.24. The third-order valence-corrected chi connectivity index (χ3v) is 4.90. The van der Waals surface area contributed by atoms with Crippen molar-refractivity contribution < 1.29 is 17.9 Å². The van der Waals surface area contributed by atoms with E-state index in [1.807, 2.05) is 4.90 Å². The molecule has 0 saturated carbocycles. The van der Waals surface area contributed by atoms with Crippen molar-refractivity contribution in [3.63, 3.8) is 0 Å². The lowest BCUT2D eigenvalue weighted by molar-refractivity contribution is -0.141. The summed E-state index contributed by atoms with van der Waals surface area (Å²) in [5.41, 5.74) is 0.827. The monoisotopic (exact) mass is 298 g/mol. The second kappa shape index (κ2) is 5.80. The molecule has 1 unspecified atom stereocenters. The van der Waals surface area contributed by atoms with Crippen molar-refractivity contribution in [2.45, 2.75) is 23.8 Å². The van der Waals surface area contributed by atoms with E-state index < -0.39 is 10.0 Å². The number of hydrogen-bond donors (Lipinski definition) is 1. The minimum Gasteiger partial charge on any atom is -0.467 e. The SMILES string of the molecule is CNS(=O)(=O)c1ccc(N2CCCC2C(=O)OC)cc1. The molecule has 0 spiro atoms. The maximum atomic E-state index is 11.7. The predicted octanol–water partition coefficient (Wildman–Crippen LogP) is 0.736. The first kappa shape index (κ1) is 14.8. The van der Waals surface area contributed by atoms with E-state index in [0.717, 1.165) is 25.1 Å². The average Bonchev–Trinajstić information content (AvgIpc) is 2.96. The zero-order valence-electron chi connectivity index (χ0n) is 11.5. The smallest absolute Gasteiger partial charge is 0.328 e. The second-order valence-electron chi connectivity index (χ2n) is 4.58. The van der Waals surface area contributed by atoms with Gasteiger partial charge in [-0.3, -0.25) is 0 Å². The zero-order chi connectivity index (χ0) is 14.8. The molecule has 1 heterocycles. The van der Waals surface area contributed by atoms with E-state index in [2.05, 4.69) is 4.72 Å². The van der Waals surface area contributed by atoms with E-state index in [-0.39, 0.29) is 16.9 Å². The van der Waals surface area contributed by atoms with Gasteiger partial charge in [0, 0.05) is 12.2 Å². The summed E-state index contributed by atoms with van der Waals surface area (Å²) in [5.74, 6) is -0.255. The maximum Gasteiger partial charge on any atom is 0.328 e. The summed E-state index contributed by atoms with van der Waals surface area (Å²) in [6.07, 6.45) is 1.67. The summed E-state index contributed by atoms with van der Waals surface area (Å²) in [7, 11) is -0.685. The Bertz CT molecular complexity index is 583. The van der Waals surface area contributed by atoms with Gasteiger partial charge in [0.25, 0.3) is 0 Å². The van der Waals surface area contributed by atoms with Crippen LogP contribution in [-0.4, -0.2) is 41.1 Å². The van der Waals surface area contributed by atoms with E-state index in [9.17, 15) is 13.2 Å². The number of esters is 1. The molecule has 0 bridgehead atoms. The highest BCUT2D eigenvalue weighted by atomic mass is 32.2. The van der Waals surface area contributed by atoms with Gasteiger partial charge >= 0.3 is 5.97 Å². The molecule has 1 saturated heterocycles. The molecule has 1 aromatic carbocycles. The van der Waals surface area contributed by atoms with Crippen molar-refractivity contribution >= 4 is 21.7 Å². The molecule has 0 radical (unpaired) electrons. The van der Waals surface area contributed by atoms with Gasteiger partial charge in [-0.1, -0.05) is 0 Å². The summed E-state index contributed by atoms with van der Waals surface area (Å²) in [4.78, 5) is 13.9. The molecule has 110 valence electrons. The van der Waals surface area contributed by atoms with Crippen LogP contribution in [0.3, 0.4) is 0 Å². The van der Waals surface area contributed by atoms with Gasteiger partial charge in [-0.05, 0) is 44.2 Å². The van der Waals surface area contributed by atoms with Crippen LogP contribution in [0, 0.1) is 0 Å². The van der Waals surface area contributed by atoms with Gasteiger partial charge in [-0.25, -0.2) is 17.9 Å². The van der Waals surface area contributed by atoms with Crippen LogP contribution in [0.4, 0.5) is 5.69 Å². The Morgan fingerprint density at radius 3 is 2.55 bits per heavy atom. The summed E-state index contributed by atoms with van der Waals surface area (Å²) in [6, 6.07) is 6.21. The minimum atomic E-state index is -3.43. The predicted molar refractivity (Wildman–Crippen MR) is 75.1 cm³/mol. The van der Waals surface area contributed by atoms with E-state index in [1.165, 1.54) is 26.3 Å². The van der Waals surface area contributed by atoms with Crippen molar-refractivity contribution in [3.8, 4) is 0 Å². The average molecular weight is 298 g/mol. The Morgan fingerprint density at radius 2 is 2.00 bits per heavy atom. The van der Waals surface area contributed by atoms with Gasteiger partial charge in [-0.15, -0.1) is 0 Å². The van der Waals surface area contributed by atoms with Crippen LogP contribution in [0.1, 0.15) is 12.8 Å². The Balaban J connectivity index is 2.24. The largest absolute Gasteiger partial charge is 0.467 e. The number of carbonyl (C=O) groups excluding carboxylic acids is 1. The fraction of sp³-hybridized carbons (Fsp3) is 0.462.